The highest BCUT2D eigenvalue weighted by Crippen LogP contribution is 2.50. The van der Waals surface area contributed by atoms with Gasteiger partial charge in [-0.3, -0.25) is 9.59 Å². The van der Waals surface area contributed by atoms with Gasteiger partial charge >= 0.3 is 0 Å². The summed E-state index contributed by atoms with van der Waals surface area (Å²) < 4.78 is 32.0. The molecule has 2 fully saturated rings. The molecule has 1 heterocycles. The third kappa shape index (κ3) is 4.17. The summed E-state index contributed by atoms with van der Waals surface area (Å²) in [6.45, 7) is 0.208. The number of ether oxygens (including phenoxy) is 1. The number of para-hydroxylation sites is 1. The van der Waals surface area contributed by atoms with Crippen molar-refractivity contribution in [2.24, 2.45) is 7.05 Å². The van der Waals surface area contributed by atoms with E-state index in [0.717, 1.165) is 5.56 Å². The Kier molecular flexibility index (Phi) is 5.60. The number of rotatable bonds is 8. The van der Waals surface area contributed by atoms with Crippen LogP contribution in [0, 0.1) is 11.3 Å². The van der Waals surface area contributed by atoms with E-state index >= 15 is 0 Å². The van der Waals surface area contributed by atoms with E-state index in [1.54, 1.807) is 42.5 Å². The zero-order valence-electron chi connectivity index (χ0n) is 19.2. The molecule has 0 bridgehead atoms. The van der Waals surface area contributed by atoms with Gasteiger partial charge in [0.2, 0.25) is 0 Å². The third-order valence-electron chi connectivity index (χ3n) is 6.67. The Balaban J connectivity index is 1.37. The van der Waals surface area contributed by atoms with E-state index in [1.807, 2.05) is 6.07 Å². The average molecular weight is 493 g/mol. The van der Waals surface area contributed by atoms with Gasteiger partial charge in [0.25, 0.3) is 11.5 Å². The van der Waals surface area contributed by atoms with Crippen molar-refractivity contribution < 1.29 is 17.9 Å². The number of hydrogen-bond acceptors (Lipinski definition) is 7. The van der Waals surface area contributed by atoms with Gasteiger partial charge in [0.05, 0.1) is 22.4 Å². The van der Waals surface area contributed by atoms with Gasteiger partial charge in [-0.25, -0.2) is 13.4 Å². The van der Waals surface area contributed by atoms with Crippen LogP contribution in [0.5, 0.6) is 5.75 Å². The Morgan fingerprint density at radius 1 is 1.23 bits per heavy atom. The summed E-state index contributed by atoms with van der Waals surface area (Å²) in [4.78, 5) is 30.0. The van der Waals surface area contributed by atoms with Crippen molar-refractivity contribution in [2.45, 2.75) is 42.2 Å². The largest absolute Gasteiger partial charge is 0.490 e. The summed E-state index contributed by atoms with van der Waals surface area (Å²) in [6, 6.07) is 13.8. The summed E-state index contributed by atoms with van der Waals surface area (Å²) in [5.41, 5.74) is 1.25. The third-order valence-corrected chi connectivity index (χ3v) is 9.75. The van der Waals surface area contributed by atoms with E-state index in [9.17, 15) is 18.0 Å². The molecule has 2 aliphatic carbocycles. The molecule has 0 atom stereocenters. The number of carbonyl (C=O) groups is 1. The van der Waals surface area contributed by atoms with E-state index in [-0.39, 0.29) is 24.1 Å². The van der Waals surface area contributed by atoms with E-state index < -0.39 is 26.1 Å². The quantitative estimate of drug-likeness (QED) is 0.510. The average Bonchev–Trinajstić information content (AvgIpc) is 3.77. The van der Waals surface area contributed by atoms with Gasteiger partial charge in [-0.15, -0.1) is 0 Å². The molecule has 5 rings (SSSR count). The summed E-state index contributed by atoms with van der Waals surface area (Å²) >= 11 is 0. The van der Waals surface area contributed by atoms with Crippen molar-refractivity contribution >= 4 is 26.8 Å². The number of benzene rings is 2. The lowest BCUT2D eigenvalue weighted by Crippen LogP contribution is -2.34. The van der Waals surface area contributed by atoms with E-state index in [0.29, 0.717) is 48.0 Å². The molecule has 0 aliphatic heterocycles. The van der Waals surface area contributed by atoms with Crippen molar-refractivity contribution in [1.29, 1.82) is 5.26 Å². The molecule has 0 unspecified atom stereocenters. The number of aromatic nitrogens is 2. The second kappa shape index (κ2) is 8.50. The highest BCUT2D eigenvalue weighted by atomic mass is 32.2. The number of sulfone groups is 1. The Labute approximate surface area is 202 Å². The van der Waals surface area contributed by atoms with Crippen LogP contribution in [0.1, 0.15) is 47.3 Å². The minimum absolute atomic E-state index is 0.0337. The van der Waals surface area contributed by atoms with Crippen molar-refractivity contribution in [3.63, 3.8) is 0 Å². The standard InChI is InChI=1S/C25H24N4O5S/c1-29-22-19(3-2-4-20(22)34-15-25(11-12-25)35(32,33)18-9-10-18)28-21(24(29)31)23(30)27-14-17-7-5-16(13-26)6-8-17/h2-8,18H,9-12,14-15H2,1H3,(H,27,30). The number of amides is 1. The maximum atomic E-state index is 13.0. The summed E-state index contributed by atoms with van der Waals surface area (Å²) in [5.74, 6) is -0.257. The van der Waals surface area contributed by atoms with Crippen LogP contribution in [-0.2, 0) is 23.4 Å². The normalized spacial score (nSPS) is 16.5. The van der Waals surface area contributed by atoms with E-state index in [1.165, 1.54) is 11.6 Å². The maximum absolute atomic E-state index is 13.0. The molecule has 1 amide bonds. The minimum atomic E-state index is -3.23. The minimum Gasteiger partial charge on any atom is -0.490 e. The zero-order chi connectivity index (χ0) is 24.8. The molecule has 2 aromatic carbocycles. The molecule has 2 saturated carbocycles. The molecule has 9 nitrogen and oxygen atoms in total. The first-order valence-electron chi connectivity index (χ1n) is 11.4. The molecule has 0 saturated heterocycles. The van der Waals surface area contributed by atoms with Crippen LogP contribution in [-0.4, -0.2) is 40.5 Å². The molecule has 3 aromatic rings. The number of fused-ring (bicyclic) bond motifs is 1. The lowest BCUT2D eigenvalue weighted by Gasteiger charge is -2.18. The topological polar surface area (TPSA) is 131 Å². The molecule has 180 valence electrons. The number of aryl methyl sites for hydroxylation is 1. The summed E-state index contributed by atoms with van der Waals surface area (Å²) in [6.07, 6.45) is 2.59. The van der Waals surface area contributed by atoms with Crippen LogP contribution in [0.4, 0.5) is 0 Å². The second-order valence-electron chi connectivity index (χ2n) is 9.16. The molecule has 1 N–H and O–H groups in total. The number of nitriles is 1. The molecule has 1 aromatic heterocycles. The van der Waals surface area contributed by atoms with Crippen molar-refractivity contribution in [1.82, 2.24) is 14.9 Å². The van der Waals surface area contributed by atoms with Crippen LogP contribution in [0.3, 0.4) is 0 Å². The first-order chi connectivity index (χ1) is 16.8. The number of carbonyl (C=O) groups excluding carboxylic acids is 1. The fraction of sp³-hybridized carbons (Fsp3) is 0.360. The molecule has 0 spiro atoms. The van der Waals surface area contributed by atoms with Gasteiger partial charge in [-0.2, -0.15) is 5.26 Å². The number of nitrogens with zero attached hydrogens (tertiary/aromatic N) is 3. The molecular weight excluding hydrogens is 468 g/mol. The van der Waals surface area contributed by atoms with Gasteiger partial charge in [0, 0.05) is 13.6 Å². The lowest BCUT2D eigenvalue weighted by molar-refractivity contribution is 0.0944. The van der Waals surface area contributed by atoms with Crippen LogP contribution in [0.15, 0.2) is 47.3 Å². The van der Waals surface area contributed by atoms with Gasteiger partial charge in [-0.05, 0) is 55.5 Å². The molecule has 2 aliphatic rings. The monoisotopic (exact) mass is 492 g/mol. The Hall–Kier alpha value is -3.71. The van der Waals surface area contributed by atoms with Crippen LogP contribution >= 0.6 is 0 Å². The first kappa shape index (κ1) is 23.1. The Morgan fingerprint density at radius 2 is 1.94 bits per heavy atom. The fourth-order valence-electron chi connectivity index (χ4n) is 4.19. The van der Waals surface area contributed by atoms with Crippen LogP contribution in [0.2, 0.25) is 0 Å². The predicted molar refractivity (Wildman–Crippen MR) is 129 cm³/mol. The molecule has 0 radical (unpaired) electrons. The Morgan fingerprint density at radius 3 is 2.57 bits per heavy atom. The van der Waals surface area contributed by atoms with Gasteiger partial charge < -0.3 is 14.6 Å². The van der Waals surface area contributed by atoms with Gasteiger partial charge in [0.1, 0.15) is 22.6 Å². The van der Waals surface area contributed by atoms with Crippen molar-refractivity contribution in [2.75, 3.05) is 6.61 Å². The second-order valence-corrected chi connectivity index (χ2v) is 11.8. The predicted octanol–water partition coefficient (Wildman–Crippen LogP) is 2.22. The number of nitrogens with one attached hydrogen (secondary N) is 1. The van der Waals surface area contributed by atoms with Gasteiger partial charge in [-0.1, -0.05) is 18.2 Å². The summed E-state index contributed by atoms with van der Waals surface area (Å²) in [7, 11) is -1.69. The van der Waals surface area contributed by atoms with Crippen LogP contribution < -0.4 is 15.6 Å². The lowest BCUT2D eigenvalue weighted by atomic mass is 10.1. The Bertz CT molecular complexity index is 1530. The summed E-state index contributed by atoms with van der Waals surface area (Å²) in [5, 5.41) is 11.3. The van der Waals surface area contributed by atoms with Crippen molar-refractivity contribution in [3.05, 3.63) is 69.6 Å². The zero-order valence-corrected chi connectivity index (χ0v) is 20.0. The van der Waals surface area contributed by atoms with E-state index in [4.69, 9.17) is 10.00 Å². The molecule has 35 heavy (non-hydrogen) atoms. The SMILES string of the molecule is Cn1c(=O)c(C(=O)NCc2ccc(C#N)cc2)nc2cccc(OCC3(S(=O)(=O)C4CC4)CC3)c21. The highest BCUT2D eigenvalue weighted by molar-refractivity contribution is 7.94. The van der Waals surface area contributed by atoms with E-state index in [2.05, 4.69) is 10.3 Å². The van der Waals surface area contributed by atoms with Gasteiger partial charge in [0.15, 0.2) is 15.5 Å². The van der Waals surface area contributed by atoms with Crippen molar-refractivity contribution in [3.8, 4) is 11.8 Å². The fourth-order valence-corrected chi connectivity index (χ4v) is 6.54. The number of hydrogen-bond donors (Lipinski definition) is 1. The highest BCUT2D eigenvalue weighted by Gasteiger charge is 2.60. The molecule has 10 heteroatoms. The smallest absolute Gasteiger partial charge is 0.282 e. The first-order valence-corrected chi connectivity index (χ1v) is 12.9. The molecular formula is C25H24N4O5S. The van der Waals surface area contributed by atoms with Crippen LogP contribution in [0.25, 0.3) is 11.0 Å². The maximum Gasteiger partial charge on any atom is 0.282 e.